The maximum Gasteiger partial charge on any atom is 0.195 e. The highest BCUT2D eigenvalue weighted by Gasteiger charge is 2.28. The van der Waals surface area contributed by atoms with Gasteiger partial charge in [0.05, 0.1) is 9.52 Å². The van der Waals surface area contributed by atoms with Gasteiger partial charge in [-0.25, -0.2) is 0 Å². The number of hydrogen-bond donors (Lipinski definition) is 1. The van der Waals surface area contributed by atoms with E-state index >= 15 is 0 Å². The first kappa shape index (κ1) is 16.3. The van der Waals surface area contributed by atoms with Crippen LogP contribution in [0.4, 0.5) is 0 Å². The van der Waals surface area contributed by atoms with Crippen LogP contribution in [-0.2, 0) is 9.16 Å². The van der Waals surface area contributed by atoms with Gasteiger partial charge in [0.25, 0.3) is 0 Å². The van der Waals surface area contributed by atoms with Crippen LogP contribution in [0.1, 0.15) is 27.2 Å². The molecule has 3 nitrogen and oxygen atoms in total. The second kappa shape index (κ2) is 10.5. The smallest absolute Gasteiger partial charge is 0.195 e. The van der Waals surface area contributed by atoms with E-state index in [1.54, 1.807) is 0 Å². The van der Waals surface area contributed by atoms with E-state index in [2.05, 4.69) is 20.8 Å². The molecule has 0 heterocycles. The van der Waals surface area contributed by atoms with Crippen LogP contribution in [0.3, 0.4) is 0 Å². The number of rotatable bonds is 11. The van der Waals surface area contributed by atoms with Gasteiger partial charge in [0.1, 0.15) is 6.79 Å². The van der Waals surface area contributed by atoms with Crippen molar-refractivity contribution in [2.24, 2.45) is 5.73 Å². The topological polar surface area (TPSA) is 44.5 Å². The Morgan fingerprint density at radius 1 is 1.12 bits per heavy atom. The van der Waals surface area contributed by atoms with Crippen molar-refractivity contribution in [3.63, 3.8) is 0 Å². The van der Waals surface area contributed by atoms with E-state index in [0.717, 1.165) is 19.2 Å². The van der Waals surface area contributed by atoms with E-state index < -0.39 is 8.32 Å². The van der Waals surface area contributed by atoms with Gasteiger partial charge in [-0.1, -0.05) is 26.8 Å². The number of hydrogen-bond acceptors (Lipinski definition) is 3. The highest BCUT2D eigenvalue weighted by atomic mass is 28.4. The predicted octanol–water partition coefficient (Wildman–Crippen LogP) is 1.88. The van der Waals surface area contributed by atoms with Crippen molar-refractivity contribution >= 4 is 17.8 Å². The molecular formula is C11H29NO2Si2. The van der Waals surface area contributed by atoms with Gasteiger partial charge in [0, 0.05) is 6.23 Å². The summed E-state index contributed by atoms with van der Waals surface area (Å²) in [4.78, 5) is 0. The third kappa shape index (κ3) is 6.80. The zero-order valence-corrected chi connectivity index (χ0v) is 13.7. The van der Waals surface area contributed by atoms with Crippen molar-refractivity contribution in [3.05, 3.63) is 0 Å². The highest BCUT2D eigenvalue weighted by molar-refractivity contribution is 6.73. The third-order valence-corrected chi connectivity index (χ3v) is 9.55. The molecular weight excluding hydrogens is 234 g/mol. The van der Waals surface area contributed by atoms with Gasteiger partial charge in [0.15, 0.2) is 8.32 Å². The molecule has 0 bridgehead atoms. The monoisotopic (exact) mass is 263 g/mol. The van der Waals surface area contributed by atoms with Gasteiger partial charge in [-0.3, -0.25) is 0 Å². The molecule has 0 aromatic rings. The zero-order valence-electron chi connectivity index (χ0n) is 11.3. The molecule has 0 unspecified atom stereocenters. The van der Waals surface area contributed by atoms with Crippen LogP contribution in [0, 0.1) is 0 Å². The summed E-state index contributed by atoms with van der Waals surface area (Å²) in [5.41, 5.74) is 5.44. The van der Waals surface area contributed by atoms with Crippen LogP contribution in [0.25, 0.3) is 0 Å². The fraction of sp³-hybridized carbons (Fsp3) is 1.00. The van der Waals surface area contributed by atoms with Gasteiger partial charge >= 0.3 is 0 Å². The first-order valence-corrected chi connectivity index (χ1v) is 11.2. The molecule has 0 saturated carbocycles. The van der Waals surface area contributed by atoms with Crippen molar-refractivity contribution in [3.8, 4) is 0 Å². The molecule has 0 aromatic carbocycles. The molecule has 5 heteroatoms. The van der Waals surface area contributed by atoms with E-state index in [-0.39, 0.29) is 9.52 Å². The van der Waals surface area contributed by atoms with Crippen LogP contribution >= 0.6 is 0 Å². The molecule has 16 heavy (non-hydrogen) atoms. The molecule has 0 aliphatic carbocycles. The minimum absolute atomic E-state index is 0.0494. The first-order chi connectivity index (χ1) is 7.74. The van der Waals surface area contributed by atoms with Gasteiger partial charge < -0.3 is 14.9 Å². The van der Waals surface area contributed by atoms with Crippen molar-refractivity contribution < 1.29 is 9.16 Å². The summed E-state index contributed by atoms with van der Waals surface area (Å²) in [6.07, 6.45) is 2.11. The fourth-order valence-electron chi connectivity index (χ4n) is 1.81. The largest absolute Gasteiger partial charge is 0.395 e. The normalized spacial score (nSPS) is 12.8. The molecule has 0 atom stereocenters. The van der Waals surface area contributed by atoms with E-state index in [1.807, 2.05) is 0 Å². The molecule has 0 aliphatic rings. The molecule has 0 saturated heterocycles. The molecule has 0 aromatic heterocycles. The standard InChI is InChI=1S/C11H29NO2Si2/c1-4-16(5-2,6-3)14-10-13-11-15-9-7-8-12/h4-12,15H2,1-3H3. The van der Waals surface area contributed by atoms with Gasteiger partial charge in [-0.2, -0.15) is 0 Å². The Morgan fingerprint density at radius 3 is 2.25 bits per heavy atom. The maximum absolute atomic E-state index is 6.00. The van der Waals surface area contributed by atoms with Gasteiger partial charge in [0.2, 0.25) is 0 Å². The van der Waals surface area contributed by atoms with Crippen molar-refractivity contribution in [2.75, 3.05) is 19.6 Å². The molecule has 0 radical (unpaired) electrons. The van der Waals surface area contributed by atoms with E-state index in [9.17, 15) is 0 Å². The number of ether oxygens (including phenoxy) is 1. The summed E-state index contributed by atoms with van der Waals surface area (Å²) in [7, 11) is -1.47. The summed E-state index contributed by atoms with van der Waals surface area (Å²) in [6.45, 7) is 8.08. The summed E-state index contributed by atoms with van der Waals surface area (Å²) in [6, 6.07) is 4.91. The molecule has 0 amide bonds. The Kier molecular flexibility index (Phi) is 10.7. The predicted molar refractivity (Wildman–Crippen MR) is 76.1 cm³/mol. The van der Waals surface area contributed by atoms with E-state index in [1.165, 1.54) is 24.2 Å². The van der Waals surface area contributed by atoms with Crippen molar-refractivity contribution in [2.45, 2.75) is 51.4 Å². The first-order valence-electron chi connectivity index (χ1n) is 6.66. The molecule has 0 aliphatic heterocycles. The SMILES string of the molecule is CC[Si](CC)(CC)OCOC[SiH2]CCCN. The second-order valence-corrected chi connectivity index (χ2v) is 10.9. The quantitative estimate of drug-likeness (QED) is 0.352. The lowest BCUT2D eigenvalue weighted by Crippen LogP contribution is -2.36. The van der Waals surface area contributed by atoms with Gasteiger partial charge in [-0.15, -0.1) is 0 Å². The van der Waals surface area contributed by atoms with E-state index in [4.69, 9.17) is 14.9 Å². The number of nitrogens with two attached hydrogens (primary N) is 1. The zero-order chi connectivity index (χ0) is 12.3. The highest BCUT2D eigenvalue weighted by Crippen LogP contribution is 2.21. The Hall–Kier alpha value is 0.314. The summed E-state index contributed by atoms with van der Waals surface area (Å²) in [5.74, 6) is 0. The Bertz CT molecular complexity index is 147. The summed E-state index contributed by atoms with van der Waals surface area (Å²) in [5, 5.41) is 0. The summed E-state index contributed by atoms with van der Waals surface area (Å²) < 4.78 is 11.6. The maximum atomic E-state index is 6.00. The van der Waals surface area contributed by atoms with Crippen LogP contribution in [-0.4, -0.2) is 37.4 Å². The molecule has 0 fully saturated rings. The van der Waals surface area contributed by atoms with Crippen LogP contribution in [0.5, 0.6) is 0 Å². The lowest BCUT2D eigenvalue weighted by Gasteiger charge is -2.27. The minimum Gasteiger partial charge on any atom is -0.395 e. The lowest BCUT2D eigenvalue weighted by molar-refractivity contribution is 0.0308. The average Bonchev–Trinajstić information content (AvgIpc) is 2.34. The Morgan fingerprint density at radius 2 is 1.75 bits per heavy atom. The van der Waals surface area contributed by atoms with Crippen molar-refractivity contribution in [1.29, 1.82) is 0 Å². The van der Waals surface area contributed by atoms with Gasteiger partial charge in [-0.05, 0) is 31.1 Å². The summed E-state index contributed by atoms with van der Waals surface area (Å²) >= 11 is 0. The van der Waals surface area contributed by atoms with Crippen molar-refractivity contribution in [1.82, 2.24) is 0 Å². The minimum atomic E-state index is -1.42. The average molecular weight is 264 g/mol. The van der Waals surface area contributed by atoms with E-state index in [0.29, 0.717) is 6.79 Å². The molecule has 98 valence electrons. The fourth-order valence-corrected chi connectivity index (χ4v) is 5.42. The molecule has 0 rings (SSSR count). The molecule has 0 spiro atoms. The Balaban J connectivity index is 3.48. The second-order valence-electron chi connectivity index (χ2n) is 4.26. The van der Waals surface area contributed by atoms with Crippen LogP contribution < -0.4 is 5.73 Å². The molecule has 2 N–H and O–H groups in total. The van der Waals surface area contributed by atoms with Crippen LogP contribution in [0.2, 0.25) is 24.2 Å². The third-order valence-electron chi connectivity index (χ3n) is 3.37. The lowest BCUT2D eigenvalue weighted by atomic mass is 10.5. The van der Waals surface area contributed by atoms with Crippen LogP contribution in [0.15, 0.2) is 0 Å². The Labute approximate surface area is 104 Å².